The van der Waals surface area contributed by atoms with Crippen LogP contribution in [-0.2, 0) is 16.1 Å². The van der Waals surface area contributed by atoms with Gasteiger partial charge in [0, 0.05) is 18.7 Å². The highest BCUT2D eigenvalue weighted by Crippen LogP contribution is 2.29. The Bertz CT molecular complexity index is 969. The minimum atomic E-state index is -0.622. The topological polar surface area (TPSA) is 85.9 Å². The molecule has 0 radical (unpaired) electrons. The smallest absolute Gasteiger partial charge is 0.252 e. The number of aryl methyl sites for hydroxylation is 1. The van der Waals surface area contributed by atoms with Gasteiger partial charge in [-0.2, -0.15) is 0 Å². The standard InChI is InChI=1S/C27H36N2O5/c1-18(2)14-23(29-26(30)22-10-6-5-8-19(22)3)27(31)28-16-20-11-12-24(25(15-20)32-4)34-17-21-9-7-13-33-21/h5-6,8,10-12,15,18,21,23H,7,9,13-14,16-17H2,1-4H3,(H,28,31)(H,29,30). The lowest BCUT2D eigenvalue weighted by atomic mass is 10.0. The lowest BCUT2D eigenvalue weighted by molar-refractivity contribution is -0.123. The summed E-state index contributed by atoms with van der Waals surface area (Å²) in [6.45, 7) is 7.53. The minimum absolute atomic E-state index is 0.122. The fourth-order valence-electron chi connectivity index (χ4n) is 3.98. The fourth-order valence-corrected chi connectivity index (χ4v) is 3.98. The molecule has 2 atom stereocenters. The summed E-state index contributed by atoms with van der Waals surface area (Å²) < 4.78 is 17.0. The minimum Gasteiger partial charge on any atom is -0.493 e. The summed E-state index contributed by atoms with van der Waals surface area (Å²) in [7, 11) is 1.59. The van der Waals surface area contributed by atoms with Crippen LogP contribution >= 0.6 is 0 Å². The molecule has 2 aromatic carbocycles. The molecule has 0 saturated carbocycles. The first-order valence-electron chi connectivity index (χ1n) is 11.9. The molecule has 34 heavy (non-hydrogen) atoms. The number of carbonyl (C=O) groups is 2. The van der Waals surface area contributed by atoms with Crippen molar-refractivity contribution >= 4 is 11.8 Å². The van der Waals surface area contributed by atoms with Gasteiger partial charge in [-0.25, -0.2) is 0 Å². The predicted octanol–water partition coefficient (Wildman–Crippen LogP) is 4.02. The van der Waals surface area contributed by atoms with Crippen LogP contribution in [0.25, 0.3) is 0 Å². The lowest BCUT2D eigenvalue weighted by Crippen LogP contribution is -2.47. The second-order valence-electron chi connectivity index (χ2n) is 9.12. The maximum Gasteiger partial charge on any atom is 0.252 e. The Morgan fingerprint density at radius 2 is 1.94 bits per heavy atom. The van der Waals surface area contributed by atoms with Gasteiger partial charge < -0.3 is 24.8 Å². The van der Waals surface area contributed by atoms with Gasteiger partial charge in [0.2, 0.25) is 5.91 Å². The van der Waals surface area contributed by atoms with Gasteiger partial charge in [0.05, 0.1) is 13.2 Å². The number of methoxy groups -OCH3 is 1. The number of amides is 2. The number of ether oxygens (including phenoxy) is 3. The Morgan fingerprint density at radius 3 is 2.62 bits per heavy atom. The van der Waals surface area contributed by atoms with Gasteiger partial charge >= 0.3 is 0 Å². The summed E-state index contributed by atoms with van der Waals surface area (Å²) in [5.74, 6) is 1.04. The Labute approximate surface area is 202 Å². The van der Waals surface area contributed by atoms with Crippen LogP contribution < -0.4 is 20.1 Å². The van der Waals surface area contributed by atoms with Crippen LogP contribution in [0.15, 0.2) is 42.5 Å². The van der Waals surface area contributed by atoms with Crippen molar-refractivity contribution in [2.75, 3.05) is 20.3 Å². The normalized spacial score (nSPS) is 16.2. The zero-order chi connectivity index (χ0) is 24.5. The molecule has 0 spiro atoms. The highest BCUT2D eigenvalue weighted by Gasteiger charge is 2.23. The predicted molar refractivity (Wildman–Crippen MR) is 131 cm³/mol. The van der Waals surface area contributed by atoms with Crippen molar-refractivity contribution in [1.82, 2.24) is 10.6 Å². The molecule has 2 amide bonds. The third-order valence-electron chi connectivity index (χ3n) is 5.86. The zero-order valence-electron chi connectivity index (χ0n) is 20.6. The first-order chi connectivity index (χ1) is 16.4. The summed E-state index contributed by atoms with van der Waals surface area (Å²) in [6, 6.07) is 12.3. The van der Waals surface area contributed by atoms with E-state index in [4.69, 9.17) is 14.2 Å². The SMILES string of the molecule is COc1cc(CNC(=O)C(CC(C)C)NC(=O)c2ccccc2C)ccc1OCC1CCCO1. The number of benzene rings is 2. The van der Waals surface area contributed by atoms with Gasteiger partial charge in [-0.15, -0.1) is 0 Å². The average molecular weight is 469 g/mol. The molecule has 0 aliphatic carbocycles. The van der Waals surface area contributed by atoms with Crippen molar-refractivity contribution in [2.24, 2.45) is 5.92 Å². The molecular formula is C27H36N2O5. The van der Waals surface area contributed by atoms with Gasteiger partial charge in [-0.3, -0.25) is 9.59 Å². The van der Waals surface area contributed by atoms with Crippen molar-refractivity contribution in [2.45, 2.75) is 58.7 Å². The average Bonchev–Trinajstić information content (AvgIpc) is 3.34. The van der Waals surface area contributed by atoms with Crippen molar-refractivity contribution in [3.05, 3.63) is 59.2 Å². The first-order valence-corrected chi connectivity index (χ1v) is 11.9. The highest BCUT2D eigenvalue weighted by molar-refractivity contribution is 5.98. The van der Waals surface area contributed by atoms with Gasteiger partial charge in [-0.1, -0.05) is 38.1 Å². The molecule has 7 heteroatoms. The second kappa shape index (κ2) is 12.4. The summed E-state index contributed by atoms with van der Waals surface area (Å²) in [5, 5.41) is 5.86. The molecule has 7 nitrogen and oxygen atoms in total. The zero-order valence-corrected chi connectivity index (χ0v) is 20.6. The molecule has 2 unspecified atom stereocenters. The monoisotopic (exact) mass is 468 g/mol. The third kappa shape index (κ3) is 7.22. The van der Waals surface area contributed by atoms with Gasteiger partial charge in [0.1, 0.15) is 12.6 Å². The van der Waals surface area contributed by atoms with E-state index in [-0.39, 0.29) is 23.8 Å². The van der Waals surface area contributed by atoms with E-state index in [0.717, 1.165) is 30.6 Å². The van der Waals surface area contributed by atoms with E-state index in [9.17, 15) is 9.59 Å². The van der Waals surface area contributed by atoms with E-state index in [0.29, 0.717) is 36.6 Å². The van der Waals surface area contributed by atoms with E-state index in [1.165, 1.54) is 0 Å². The van der Waals surface area contributed by atoms with Crippen LogP contribution in [0.4, 0.5) is 0 Å². The number of hydrogen-bond acceptors (Lipinski definition) is 5. The number of nitrogens with one attached hydrogen (secondary N) is 2. The molecule has 1 saturated heterocycles. The van der Waals surface area contributed by atoms with Crippen LogP contribution in [0.2, 0.25) is 0 Å². The molecular weight excluding hydrogens is 432 g/mol. The first kappa shape index (κ1) is 25.6. The quantitative estimate of drug-likeness (QED) is 0.520. The van der Waals surface area contributed by atoms with Gasteiger partial charge in [0.25, 0.3) is 5.91 Å². The van der Waals surface area contributed by atoms with E-state index in [1.807, 2.05) is 57.2 Å². The molecule has 1 heterocycles. The lowest BCUT2D eigenvalue weighted by Gasteiger charge is -2.21. The number of hydrogen-bond donors (Lipinski definition) is 2. The molecule has 184 valence electrons. The third-order valence-corrected chi connectivity index (χ3v) is 5.86. The summed E-state index contributed by atoms with van der Waals surface area (Å²) >= 11 is 0. The molecule has 1 fully saturated rings. The van der Waals surface area contributed by atoms with Crippen LogP contribution in [0, 0.1) is 12.8 Å². The maximum atomic E-state index is 13.0. The fraction of sp³-hybridized carbons (Fsp3) is 0.481. The van der Waals surface area contributed by atoms with Crippen LogP contribution in [0.1, 0.15) is 54.6 Å². The van der Waals surface area contributed by atoms with E-state index in [1.54, 1.807) is 13.2 Å². The Balaban J connectivity index is 1.60. The van der Waals surface area contributed by atoms with E-state index < -0.39 is 6.04 Å². The number of carbonyl (C=O) groups excluding carboxylic acids is 2. The molecule has 2 N–H and O–H groups in total. The molecule has 1 aliphatic heterocycles. The van der Waals surface area contributed by atoms with Crippen molar-refractivity contribution in [3.63, 3.8) is 0 Å². The van der Waals surface area contributed by atoms with Crippen LogP contribution in [0.3, 0.4) is 0 Å². The number of rotatable bonds is 11. The second-order valence-corrected chi connectivity index (χ2v) is 9.12. The summed E-state index contributed by atoms with van der Waals surface area (Å²) in [6.07, 6.45) is 2.73. The van der Waals surface area contributed by atoms with Gasteiger partial charge in [-0.05, 0) is 61.4 Å². The highest BCUT2D eigenvalue weighted by atomic mass is 16.5. The Kier molecular flexibility index (Phi) is 9.33. The maximum absolute atomic E-state index is 13.0. The van der Waals surface area contributed by atoms with Gasteiger partial charge in [0.15, 0.2) is 11.5 Å². The van der Waals surface area contributed by atoms with E-state index >= 15 is 0 Å². The Hall–Kier alpha value is -3.06. The molecule has 0 aromatic heterocycles. The molecule has 1 aliphatic rings. The van der Waals surface area contributed by atoms with E-state index in [2.05, 4.69) is 10.6 Å². The van der Waals surface area contributed by atoms with Crippen LogP contribution in [-0.4, -0.2) is 44.3 Å². The molecule has 3 rings (SSSR count). The molecule has 2 aromatic rings. The van der Waals surface area contributed by atoms with Crippen molar-refractivity contribution in [3.8, 4) is 11.5 Å². The summed E-state index contributed by atoms with van der Waals surface area (Å²) in [4.78, 5) is 25.8. The van der Waals surface area contributed by atoms with Crippen molar-refractivity contribution in [1.29, 1.82) is 0 Å². The molecule has 0 bridgehead atoms. The summed E-state index contributed by atoms with van der Waals surface area (Å²) in [5.41, 5.74) is 2.33. The van der Waals surface area contributed by atoms with Crippen molar-refractivity contribution < 1.29 is 23.8 Å². The Morgan fingerprint density at radius 1 is 1.15 bits per heavy atom. The largest absolute Gasteiger partial charge is 0.493 e. The van der Waals surface area contributed by atoms with Crippen LogP contribution in [0.5, 0.6) is 11.5 Å².